The molecule has 1 heterocycles. The Labute approximate surface area is 198 Å². The van der Waals surface area contributed by atoms with E-state index < -0.39 is 0 Å². The van der Waals surface area contributed by atoms with E-state index in [0.717, 1.165) is 45.6 Å². The van der Waals surface area contributed by atoms with Crippen molar-refractivity contribution in [3.05, 3.63) is 102 Å². The molecule has 33 heavy (non-hydrogen) atoms. The zero-order valence-electron chi connectivity index (χ0n) is 19.4. The van der Waals surface area contributed by atoms with Gasteiger partial charge in [-0.2, -0.15) is 0 Å². The molecule has 0 aliphatic carbocycles. The van der Waals surface area contributed by atoms with Gasteiger partial charge in [-0.25, -0.2) is 0 Å². The van der Waals surface area contributed by atoms with Crippen LogP contribution in [0.25, 0.3) is 0 Å². The molecule has 0 radical (unpaired) electrons. The summed E-state index contributed by atoms with van der Waals surface area (Å²) in [5.41, 5.74) is 3.60. The topological polar surface area (TPSA) is 44.7 Å². The molecular weight excluding hydrogens is 408 g/mol. The van der Waals surface area contributed by atoms with Crippen LogP contribution in [0.1, 0.15) is 42.1 Å². The SMILES string of the molecule is Oc1cccc(CCCNC[C@@H]2CCCN2CCOC(c2ccccc2)c2ccccc2)c1. The molecule has 0 bridgehead atoms. The molecule has 4 nitrogen and oxygen atoms in total. The maximum atomic E-state index is 9.59. The molecule has 4 heteroatoms. The number of phenols is 1. The number of hydrogen-bond donors (Lipinski definition) is 2. The Morgan fingerprint density at radius 3 is 2.36 bits per heavy atom. The van der Waals surface area contributed by atoms with Crippen molar-refractivity contribution in [1.29, 1.82) is 0 Å². The van der Waals surface area contributed by atoms with Gasteiger partial charge in [0.25, 0.3) is 0 Å². The normalized spacial score (nSPS) is 16.5. The van der Waals surface area contributed by atoms with Gasteiger partial charge in [0, 0.05) is 19.1 Å². The molecule has 1 aliphatic rings. The van der Waals surface area contributed by atoms with Crippen molar-refractivity contribution in [3.8, 4) is 5.75 Å². The maximum Gasteiger partial charge on any atom is 0.115 e. The van der Waals surface area contributed by atoms with E-state index in [2.05, 4.69) is 76.9 Å². The van der Waals surface area contributed by atoms with Crippen molar-refractivity contribution < 1.29 is 9.84 Å². The first-order chi connectivity index (χ1) is 16.3. The zero-order valence-corrected chi connectivity index (χ0v) is 19.4. The van der Waals surface area contributed by atoms with E-state index in [-0.39, 0.29) is 6.10 Å². The summed E-state index contributed by atoms with van der Waals surface area (Å²) in [4.78, 5) is 2.58. The standard InChI is InChI=1S/C29H36N2O2/c32-28-17-7-10-24(22-28)11-8-18-30-23-27-16-9-19-31(27)20-21-33-29(25-12-3-1-4-13-25)26-14-5-2-6-15-26/h1-7,10,12-15,17,22,27,29-30,32H,8-9,11,16,18-21,23H2/t27-/m0/s1. The van der Waals surface area contributed by atoms with Gasteiger partial charge in [0.1, 0.15) is 11.9 Å². The second-order valence-corrected chi connectivity index (χ2v) is 8.88. The minimum Gasteiger partial charge on any atom is -0.508 e. The molecule has 2 N–H and O–H groups in total. The molecule has 0 aromatic heterocycles. The van der Waals surface area contributed by atoms with Crippen LogP contribution in [0.15, 0.2) is 84.9 Å². The molecule has 3 aromatic carbocycles. The first-order valence-corrected chi connectivity index (χ1v) is 12.2. The number of hydrogen-bond acceptors (Lipinski definition) is 4. The van der Waals surface area contributed by atoms with Gasteiger partial charge in [0.2, 0.25) is 0 Å². The van der Waals surface area contributed by atoms with Crippen LogP contribution in [0.5, 0.6) is 5.75 Å². The summed E-state index contributed by atoms with van der Waals surface area (Å²) >= 11 is 0. The summed E-state index contributed by atoms with van der Waals surface area (Å²) in [7, 11) is 0. The number of aryl methyl sites for hydroxylation is 1. The summed E-state index contributed by atoms with van der Waals surface area (Å²) < 4.78 is 6.44. The highest BCUT2D eigenvalue weighted by Crippen LogP contribution is 2.26. The molecule has 3 aromatic rings. The molecule has 1 atom stereocenters. The molecule has 0 amide bonds. The smallest absolute Gasteiger partial charge is 0.115 e. The van der Waals surface area contributed by atoms with E-state index in [1.165, 1.54) is 29.5 Å². The number of benzene rings is 3. The third-order valence-electron chi connectivity index (χ3n) is 6.48. The van der Waals surface area contributed by atoms with Gasteiger partial charge in [-0.1, -0.05) is 72.8 Å². The lowest BCUT2D eigenvalue weighted by molar-refractivity contribution is 0.0571. The van der Waals surface area contributed by atoms with Gasteiger partial charge in [0.15, 0.2) is 0 Å². The Bertz CT molecular complexity index is 909. The van der Waals surface area contributed by atoms with Crippen LogP contribution in [-0.4, -0.2) is 48.8 Å². The highest BCUT2D eigenvalue weighted by atomic mass is 16.5. The average molecular weight is 445 g/mol. The zero-order chi connectivity index (χ0) is 22.7. The molecule has 0 unspecified atom stereocenters. The van der Waals surface area contributed by atoms with Crippen LogP contribution >= 0.6 is 0 Å². The molecular formula is C29H36N2O2. The number of nitrogens with one attached hydrogen (secondary N) is 1. The number of nitrogens with zero attached hydrogens (tertiary/aromatic N) is 1. The predicted octanol–water partition coefficient (Wildman–Crippen LogP) is 5.19. The van der Waals surface area contributed by atoms with Gasteiger partial charge in [-0.15, -0.1) is 0 Å². The van der Waals surface area contributed by atoms with E-state index in [1.54, 1.807) is 6.07 Å². The molecule has 0 saturated carbocycles. The number of phenolic OH excluding ortho intramolecular Hbond substituents is 1. The fourth-order valence-corrected chi connectivity index (χ4v) is 4.75. The van der Waals surface area contributed by atoms with Crippen molar-refractivity contribution in [2.24, 2.45) is 0 Å². The molecule has 1 fully saturated rings. The molecule has 1 saturated heterocycles. The largest absolute Gasteiger partial charge is 0.508 e. The van der Waals surface area contributed by atoms with Gasteiger partial charge in [-0.3, -0.25) is 4.90 Å². The van der Waals surface area contributed by atoms with Crippen LogP contribution in [0, 0.1) is 0 Å². The average Bonchev–Trinajstić information content (AvgIpc) is 3.30. The Hall–Kier alpha value is -2.66. The van der Waals surface area contributed by atoms with E-state index in [0.29, 0.717) is 11.8 Å². The molecule has 1 aliphatic heterocycles. The summed E-state index contributed by atoms with van der Waals surface area (Å²) in [6.45, 7) is 4.87. The van der Waals surface area contributed by atoms with Crippen LogP contribution in [-0.2, 0) is 11.2 Å². The van der Waals surface area contributed by atoms with Crippen LogP contribution < -0.4 is 5.32 Å². The first-order valence-electron chi connectivity index (χ1n) is 12.2. The fraction of sp³-hybridized carbons (Fsp3) is 0.379. The number of rotatable bonds is 12. The second kappa shape index (κ2) is 12.5. The molecule has 0 spiro atoms. The molecule has 174 valence electrons. The minimum atomic E-state index is -0.0241. The highest BCUT2D eigenvalue weighted by molar-refractivity contribution is 5.30. The van der Waals surface area contributed by atoms with Crippen molar-refractivity contribution in [1.82, 2.24) is 10.2 Å². The Balaban J connectivity index is 1.21. The lowest BCUT2D eigenvalue weighted by Crippen LogP contribution is -2.40. The van der Waals surface area contributed by atoms with Gasteiger partial charge >= 0.3 is 0 Å². The van der Waals surface area contributed by atoms with Crippen molar-refractivity contribution >= 4 is 0 Å². The summed E-state index contributed by atoms with van der Waals surface area (Å²) in [6, 6.07) is 29.2. The van der Waals surface area contributed by atoms with Crippen molar-refractivity contribution in [3.63, 3.8) is 0 Å². The number of ether oxygens (including phenoxy) is 1. The van der Waals surface area contributed by atoms with Gasteiger partial charge < -0.3 is 15.2 Å². The summed E-state index contributed by atoms with van der Waals surface area (Å²) in [5, 5.41) is 13.2. The quantitative estimate of drug-likeness (QED) is 0.378. The van der Waals surface area contributed by atoms with Crippen molar-refractivity contribution in [2.45, 2.75) is 37.8 Å². The van der Waals surface area contributed by atoms with E-state index in [1.807, 2.05) is 12.1 Å². The lowest BCUT2D eigenvalue weighted by Gasteiger charge is -2.26. The van der Waals surface area contributed by atoms with Crippen LogP contribution in [0.2, 0.25) is 0 Å². The maximum absolute atomic E-state index is 9.59. The van der Waals surface area contributed by atoms with E-state index in [9.17, 15) is 5.11 Å². The van der Waals surface area contributed by atoms with Gasteiger partial charge in [0.05, 0.1) is 6.61 Å². The van der Waals surface area contributed by atoms with E-state index >= 15 is 0 Å². The lowest BCUT2D eigenvalue weighted by atomic mass is 10.0. The fourth-order valence-electron chi connectivity index (χ4n) is 4.75. The minimum absolute atomic E-state index is 0.0241. The van der Waals surface area contributed by atoms with Crippen molar-refractivity contribution in [2.75, 3.05) is 32.8 Å². The number of likely N-dealkylation sites (tertiary alicyclic amines) is 1. The monoisotopic (exact) mass is 444 g/mol. The number of aromatic hydroxyl groups is 1. The van der Waals surface area contributed by atoms with Gasteiger partial charge in [-0.05, 0) is 67.6 Å². The van der Waals surface area contributed by atoms with E-state index in [4.69, 9.17) is 4.74 Å². The second-order valence-electron chi connectivity index (χ2n) is 8.88. The Morgan fingerprint density at radius 2 is 1.67 bits per heavy atom. The summed E-state index contributed by atoms with van der Waals surface area (Å²) in [5.74, 6) is 0.353. The van der Waals surface area contributed by atoms with Crippen LogP contribution in [0.3, 0.4) is 0 Å². The third kappa shape index (κ3) is 7.16. The third-order valence-corrected chi connectivity index (χ3v) is 6.48. The summed E-state index contributed by atoms with van der Waals surface area (Å²) in [6.07, 6.45) is 4.56. The van der Waals surface area contributed by atoms with Crippen LogP contribution in [0.4, 0.5) is 0 Å². The highest BCUT2D eigenvalue weighted by Gasteiger charge is 2.24. The predicted molar refractivity (Wildman–Crippen MR) is 135 cm³/mol. The Morgan fingerprint density at radius 1 is 0.939 bits per heavy atom. The Kier molecular flexibility index (Phi) is 8.93. The molecule has 4 rings (SSSR count). The first kappa shape index (κ1) is 23.5.